The summed E-state index contributed by atoms with van der Waals surface area (Å²) >= 11 is 0. The van der Waals surface area contributed by atoms with Gasteiger partial charge >= 0.3 is 0 Å². The van der Waals surface area contributed by atoms with Crippen molar-refractivity contribution in [1.82, 2.24) is 18.9 Å². The molecule has 2 unspecified atom stereocenters. The van der Waals surface area contributed by atoms with Crippen LogP contribution in [0.3, 0.4) is 0 Å². The van der Waals surface area contributed by atoms with Crippen molar-refractivity contribution in [2.75, 3.05) is 0 Å². The van der Waals surface area contributed by atoms with E-state index in [0.717, 1.165) is 54.9 Å². The smallest absolute Gasteiger partial charge is 0.180 e. The monoisotopic (exact) mass is 838 g/mol. The fourth-order valence-corrected chi connectivity index (χ4v) is 16.3. The number of para-hydroxylation sites is 1. The van der Waals surface area contributed by atoms with Gasteiger partial charge in [-0.3, -0.25) is 8.97 Å². The van der Waals surface area contributed by atoms with E-state index in [4.69, 9.17) is 9.97 Å². The SMILES string of the molecule is FC(c1ccc2c3ccccc3n3ccnc3c2c1)c1ccc2c3cc4c(cc3n(-c3ccccn3)c2c1)[Si](c1ccccc1)(c1ccccc1)c1ccccc1C4c1ccccc1. The predicted octanol–water partition coefficient (Wildman–Crippen LogP) is 11.1. The molecule has 0 saturated carbocycles. The van der Waals surface area contributed by atoms with Crippen molar-refractivity contribution in [2.45, 2.75) is 12.1 Å². The minimum Gasteiger partial charge on any atom is -0.299 e. The van der Waals surface area contributed by atoms with Gasteiger partial charge in [-0.15, -0.1) is 0 Å². The molecule has 8 aromatic carbocycles. The van der Waals surface area contributed by atoms with Gasteiger partial charge in [0, 0.05) is 46.1 Å². The molecule has 4 aromatic heterocycles. The van der Waals surface area contributed by atoms with Crippen LogP contribution < -0.4 is 20.7 Å². The molecule has 0 fully saturated rings. The Hall–Kier alpha value is -7.93. The molecule has 13 rings (SSSR count). The third kappa shape index (κ3) is 5.26. The summed E-state index contributed by atoms with van der Waals surface area (Å²) in [5, 5.41) is 10.7. The summed E-state index contributed by atoms with van der Waals surface area (Å²) in [5.74, 6) is 0.788. The molecule has 0 spiro atoms. The maximum absolute atomic E-state index is 17.4. The van der Waals surface area contributed by atoms with E-state index >= 15 is 4.39 Å². The number of halogens is 1. The fraction of sp³-hybridized carbons (Fsp3) is 0.0345. The number of pyridine rings is 2. The Morgan fingerprint density at radius 3 is 1.86 bits per heavy atom. The van der Waals surface area contributed by atoms with Gasteiger partial charge in [0.05, 0.1) is 16.6 Å². The Labute approximate surface area is 370 Å². The molecular weight excluding hydrogens is 800 g/mol. The second kappa shape index (κ2) is 14.3. The Morgan fingerprint density at radius 1 is 0.453 bits per heavy atom. The lowest BCUT2D eigenvalue weighted by Gasteiger charge is -2.43. The van der Waals surface area contributed by atoms with Crippen LogP contribution in [0.1, 0.15) is 39.9 Å². The van der Waals surface area contributed by atoms with E-state index in [2.05, 4.69) is 173 Å². The quantitative estimate of drug-likeness (QED) is 0.124. The first kappa shape index (κ1) is 36.7. The molecule has 0 N–H and O–H groups in total. The molecule has 0 saturated heterocycles. The first-order valence-corrected chi connectivity index (χ1v) is 23.9. The van der Waals surface area contributed by atoms with Crippen LogP contribution in [0, 0.1) is 0 Å². The molecule has 1 aliphatic rings. The normalized spacial score (nSPS) is 14.9. The molecule has 1 aliphatic heterocycles. The van der Waals surface area contributed by atoms with Gasteiger partial charge in [-0.2, -0.15) is 0 Å². The lowest BCUT2D eigenvalue weighted by atomic mass is 9.84. The van der Waals surface area contributed by atoms with E-state index in [9.17, 15) is 0 Å². The topological polar surface area (TPSA) is 35.1 Å². The summed E-state index contributed by atoms with van der Waals surface area (Å²) in [7, 11) is -2.97. The zero-order valence-corrected chi connectivity index (χ0v) is 35.7. The fourth-order valence-electron chi connectivity index (χ4n) is 11.1. The standard InChI is InChI=1S/C58H39FN4Si/c59-57(39-27-29-43-44-22-10-12-24-50(44)62-33-32-61-58(62)48(43)34-39)40-28-30-45-47-36-49-54(37-52(47)63(51(45)35-40)55-26-14-15-31-60-55)64(41-18-6-2-7-19-41,42-20-8-3-9-21-42)53-25-13-11-23-46(53)56(49)38-16-4-1-5-17-38/h1-37,56-57H. The Kier molecular flexibility index (Phi) is 8.20. The summed E-state index contributed by atoms with van der Waals surface area (Å²) in [6, 6.07) is 73.9. The number of hydrogen-bond donors (Lipinski definition) is 0. The largest absolute Gasteiger partial charge is 0.299 e. The van der Waals surface area contributed by atoms with Crippen molar-refractivity contribution in [3.63, 3.8) is 0 Å². The van der Waals surface area contributed by atoms with Crippen molar-refractivity contribution in [3.05, 3.63) is 253 Å². The van der Waals surface area contributed by atoms with Gasteiger partial charge in [0.15, 0.2) is 14.2 Å². The van der Waals surface area contributed by atoms with Gasteiger partial charge in [0.1, 0.15) is 11.5 Å². The second-order valence-electron chi connectivity index (χ2n) is 17.0. The molecule has 0 aliphatic carbocycles. The van der Waals surface area contributed by atoms with Crippen LogP contribution in [0.2, 0.25) is 0 Å². The van der Waals surface area contributed by atoms with Gasteiger partial charge in [-0.25, -0.2) is 14.4 Å². The molecular formula is C58H39FN4Si. The van der Waals surface area contributed by atoms with Crippen molar-refractivity contribution in [2.24, 2.45) is 0 Å². The molecule has 302 valence electrons. The third-order valence-corrected chi connectivity index (χ3v) is 18.6. The molecule has 0 amide bonds. The Bertz CT molecular complexity index is 3710. The van der Waals surface area contributed by atoms with Crippen LogP contribution in [-0.2, 0) is 0 Å². The zero-order valence-electron chi connectivity index (χ0n) is 34.7. The number of hydrogen-bond acceptors (Lipinski definition) is 2. The van der Waals surface area contributed by atoms with Gasteiger partial charge in [0.2, 0.25) is 0 Å². The van der Waals surface area contributed by atoms with Crippen LogP contribution in [0.5, 0.6) is 0 Å². The van der Waals surface area contributed by atoms with Crippen molar-refractivity contribution in [3.8, 4) is 5.82 Å². The van der Waals surface area contributed by atoms with E-state index in [1.807, 2.05) is 61.1 Å². The average molecular weight is 839 g/mol. The van der Waals surface area contributed by atoms with Crippen molar-refractivity contribution >= 4 is 77.9 Å². The first-order valence-electron chi connectivity index (χ1n) is 21.9. The lowest BCUT2D eigenvalue weighted by molar-refractivity contribution is 0.402. The molecule has 4 nitrogen and oxygen atoms in total. The van der Waals surface area contributed by atoms with E-state index < -0.39 is 14.2 Å². The highest BCUT2D eigenvalue weighted by Crippen LogP contribution is 2.42. The van der Waals surface area contributed by atoms with Crippen LogP contribution in [0.15, 0.2) is 225 Å². The van der Waals surface area contributed by atoms with Crippen molar-refractivity contribution in [1.29, 1.82) is 0 Å². The number of alkyl halides is 1. The number of imidazole rings is 1. The highest BCUT2D eigenvalue weighted by molar-refractivity contribution is 7.20. The van der Waals surface area contributed by atoms with E-state index in [1.54, 1.807) is 0 Å². The van der Waals surface area contributed by atoms with Crippen molar-refractivity contribution < 1.29 is 4.39 Å². The van der Waals surface area contributed by atoms with E-state index in [-0.39, 0.29) is 5.92 Å². The number of aromatic nitrogens is 4. The molecule has 5 heterocycles. The van der Waals surface area contributed by atoms with E-state index in [1.165, 1.54) is 37.4 Å². The Morgan fingerprint density at radius 2 is 1.09 bits per heavy atom. The summed E-state index contributed by atoms with van der Waals surface area (Å²) in [6.45, 7) is 0. The highest BCUT2D eigenvalue weighted by atomic mass is 28.3. The number of fused-ring (bicyclic) bond motifs is 11. The predicted molar refractivity (Wildman–Crippen MR) is 263 cm³/mol. The average Bonchev–Trinajstić information content (AvgIpc) is 3.99. The maximum atomic E-state index is 17.4. The van der Waals surface area contributed by atoms with Gasteiger partial charge in [0.25, 0.3) is 0 Å². The molecule has 6 heteroatoms. The number of nitrogens with zero attached hydrogens (tertiary/aromatic N) is 4. The third-order valence-electron chi connectivity index (χ3n) is 13.7. The van der Waals surface area contributed by atoms with E-state index in [0.29, 0.717) is 11.1 Å². The zero-order chi connectivity index (χ0) is 42.4. The molecule has 2 atom stereocenters. The summed E-state index contributed by atoms with van der Waals surface area (Å²) in [5.41, 5.74) is 8.94. The molecule has 12 aromatic rings. The minimum atomic E-state index is -2.97. The first-order chi connectivity index (χ1) is 31.7. The maximum Gasteiger partial charge on any atom is 0.180 e. The molecule has 0 bridgehead atoms. The number of rotatable bonds is 6. The summed E-state index contributed by atoms with van der Waals surface area (Å²) in [4.78, 5) is 9.70. The van der Waals surface area contributed by atoms with Gasteiger partial charge in [-0.05, 0) is 96.4 Å². The van der Waals surface area contributed by atoms with Crippen LogP contribution in [-0.4, -0.2) is 27.0 Å². The molecule has 0 radical (unpaired) electrons. The van der Waals surface area contributed by atoms with Crippen LogP contribution in [0.4, 0.5) is 4.39 Å². The van der Waals surface area contributed by atoms with Crippen LogP contribution in [0.25, 0.3) is 54.9 Å². The van der Waals surface area contributed by atoms with Gasteiger partial charge in [-0.1, -0.05) is 164 Å². The van der Waals surface area contributed by atoms with Gasteiger partial charge < -0.3 is 0 Å². The van der Waals surface area contributed by atoms with Crippen LogP contribution >= 0.6 is 0 Å². The molecule has 64 heavy (non-hydrogen) atoms. The summed E-state index contributed by atoms with van der Waals surface area (Å²) < 4.78 is 21.8. The lowest BCUT2D eigenvalue weighted by Crippen LogP contribution is -2.77. The minimum absolute atomic E-state index is 0.000773. The second-order valence-corrected chi connectivity index (χ2v) is 20.7. The number of benzene rings is 8. The summed E-state index contributed by atoms with van der Waals surface area (Å²) in [6.07, 6.45) is 4.26. The highest BCUT2D eigenvalue weighted by Gasteiger charge is 2.49. The Balaban J connectivity index is 1.10.